The molecule has 0 bridgehead atoms. The van der Waals surface area contributed by atoms with Crippen LogP contribution in [-0.4, -0.2) is 50.0 Å². The average Bonchev–Trinajstić information content (AvgIpc) is 2.76. The summed E-state index contributed by atoms with van der Waals surface area (Å²) in [7, 11) is -3.80. The first-order chi connectivity index (χ1) is 15.8. The molecule has 2 atom stereocenters. The minimum atomic E-state index is -3.80. The molecule has 0 saturated heterocycles. The first-order valence-electron chi connectivity index (χ1n) is 10.6. The molecule has 0 aliphatic carbocycles. The first-order valence-corrected chi connectivity index (χ1v) is 14.0. The van der Waals surface area contributed by atoms with E-state index in [0.29, 0.717) is 27.7 Å². The second kappa shape index (κ2) is 12.2. The van der Waals surface area contributed by atoms with E-state index in [9.17, 15) is 18.0 Å². The van der Waals surface area contributed by atoms with Crippen molar-refractivity contribution in [2.45, 2.75) is 45.8 Å². The molecule has 0 saturated carbocycles. The van der Waals surface area contributed by atoms with Crippen LogP contribution in [0.15, 0.2) is 46.9 Å². The van der Waals surface area contributed by atoms with Gasteiger partial charge in [-0.1, -0.05) is 52.1 Å². The number of nitrogens with zero attached hydrogens (tertiary/aromatic N) is 2. The maximum Gasteiger partial charge on any atom is 0.244 e. The van der Waals surface area contributed by atoms with Gasteiger partial charge in [-0.2, -0.15) is 0 Å². The van der Waals surface area contributed by atoms with Gasteiger partial charge in [-0.05, 0) is 56.7 Å². The number of sulfonamides is 1. The summed E-state index contributed by atoms with van der Waals surface area (Å²) in [6.07, 6.45) is 1.74. The number of carbonyl (C=O) groups excluding carboxylic acids is 2. The van der Waals surface area contributed by atoms with E-state index >= 15 is 0 Å². The van der Waals surface area contributed by atoms with Crippen molar-refractivity contribution in [2.75, 3.05) is 17.1 Å². The monoisotopic (exact) mass is 591 g/mol. The van der Waals surface area contributed by atoms with Crippen molar-refractivity contribution in [1.82, 2.24) is 10.2 Å². The number of amides is 2. The van der Waals surface area contributed by atoms with Gasteiger partial charge in [-0.25, -0.2) is 8.42 Å². The topological polar surface area (TPSA) is 86.8 Å². The van der Waals surface area contributed by atoms with Crippen LogP contribution >= 0.6 is 39.1 Å². The predicted octanol–water partition coefficient (Wildman–Crippen LogP) is 4.85. The van der Waals surface area contributed by atoms with E-state index in [2.05, 4.69) is 21.2 Å². The molecule has 0 spiro atoms. The molecule has 1 N–H and O–H groups in total. The molecule has 0 unspecified atom stereocenters. The van der Waals surface area contributed by atoms with Crippen LogP contribution in [0.25, 0.3) is 0 Å². The summed E-state index contributed by atoms with van der Waals surface area (Å²) in [5.41, 5.74) is 0.795. The predicted molar refractivity (Wildman–Crippen MR) is 141 cm³/mol. The number of nitrogens with one attached hydrogen (secondary N) is 1. The first kappa shape index (κ1) is 28.4. The van der Waals surface area contributed by atoms with Crippen molar-refractivity contribution in [3.63, 3.8) is 0 Å². The molecule has 0 radical (unpaired) electrons. The van der Waals surface area contributed by atoms with Crippen LogP contribution < -0.4 is 9.62 Å². The summed E-state index contributed by atoms with van der Waals surface area (Å²) in [4.78, 5) is 27.7. The minimum Gasteiger partial charge on any atom is -0.352 e. The molecule has 34 heavy (non-hydrogen) atoms. The third-order valence-corrected chi connectivity index (χ3v) is 7.73. The third kappa shape index (κ3) is 7.60. The molecule has 0 fully saturated rings. The Morgan fingerprint density at radius 1 is 1.06 bits per heavy atom. The molecular formula is C23H28BrCl2N3O4S. The van der Waals surface area contributed by atoms with E-state index in [1.54, 1.807) is 49.4 Å². The summed E-state index contributed by atoms with van der Waals surface area (Å²) in [5.74, 6) is -0.934. The van der Waals surface area contributed by atoms with Crippen LogP contribution in [0.4, 0.5) is 5.69 Å². The summed E-state index contributed by atoms with van der Waals surface area (Å²) < 4.78 is 26.9. The average molecular weight is 593 g/mol. The fourth-order valence-electron chi connectivity index (χ4n) is 3.12. The lowest BCUT2D eigenvalue weighted by Crippen LogP contribution is -2.52. The van der Waals surface area contributed by atoms with Gasteiger partial charge in [0, 0.05) is 32.7 Å². The van der Waals surface area contributed by atoms with Crippen molar-refractivity contribution < 1.29 is 18.0 Å². The van der Waals surface area contributed by atoms with E-state index < -0.39 is 28.5 Å². The van der Waals surface area contributed by atoms with E-state index in [1.165, 1.54) is 4.90 Å². The Labute approximate surface area is 219 Å². The van der Waals surface area contributed by atoms with E-state index in [0.717, 1.165) is 15.0 Å². The Morgan fingerprint density at radius 3 is 2.12 bits per heavy atom. The second-order valence-corrected chi connectivity index (χ2v) is 11.6. The summed E-state index contributed by atoms with van der Waals surface area (Å²) in [5, 5.41) is 3.55. The van der Waals surface area contributed by atoms with Gasteiger partial charge in [0.05, 0.1) is 11.9 Å². The standard InChI is InChI=1S/C23H28BrCl2N3O4S/c1-5-15(2)27-23(31)16(3)28(13-19-20(25)7-6-8-21(19)26)22(30)14-29(34(4,32)33)18-11-9-17(24)10-12-18/h6-12,15-16H,5,13-14H2,1-4H3,(H,27,31)/t15-,16-/m1/s1. The number of anilines is 1. The van der Waals surface area contributed by atoms with Crippen molar-refractivity contribution in [2.24, 2.45) is 0 Å². The molecule has 2 rings (SSSR count). The number of hydrogen-bond acceptors (Lipinski definition) is 4. The van der Waals surface area contributed by atoms with E-state index in [-0.39, 0.29) is 18.5 Å². The molecule has 0 aliphatic rings. The largest absolute Gasteiger partial charge is 0.352 e. The number of rotatable bonds is 10. The van der Waals surface area contributed by atoms with Crippen LogP contribution in [0, 0.1) is 0 Å². The zero-order valence-electron chi connectivity index (χ0n) is 19.4. The smallest absolute Gasteiger partial charge is 0.244 e. The fraction of sp³-hybridized carbons (Fsp3) is 0.391. The molecule has 0 aromatic heterocycles. The van der Waals surface area contributed by atoms with E-state index in [4.69, 9.17) is 23.2 Å². The zero-order chi connectivity index (χ0) is 25.6. The lowest BCUT2D eigenvalue weighted by Gasteiger charge is -2.32. The Hall–Kier alpha value is -1.81. The molecule has 186 valence electrons. The van der Waals surface area contributed by atoms with Crippen molar-refractivity contribution >= 4 is 66.7 Å². The molecule has 2 aromatic rings. The number of hydrogen-bond donors (Lipinski definition) is 1. The maximum atomic E-state index is 13.5. The zero-order valence-corrected chi connectivity index (χ0v) is 23.3. The van der Waals surface area contributed by atoms with Crippen LogP contribution in [0.2, 0.25) is 10.0 Å². The summed E-state index contributed by atoms with van der Waals surface area (Å²) in [6, 6.07) is 10.5. The Balaban J connectivity index is 2.43. The molecular weight excluding hydrogens is 565 g/mol. The number of halogens is 3. The molecule has 11 heteroatoms. The molecule has 0 heterocycles. The number of benzene rings is 2. The van der Waals surface area contributed by atoms with Crippen molar-refractivity contribution in [3.05, 3.63) is 62.5 Å². The molecule has 2 aromatic carbocycles. The van der Waals surface area contributed by atoms with Crippen LogP contribution in [0.1, 0.15) is 32.8 Å². The van der Waals surface area contributed by atoms with Crippen LogP contribution in [0.5, 0.6) is 0 Å². The summed E-state index contributed by atoms with van der Waals surface area (Å²) >= 11 is 16.0. The van der Waals surface area contributed by atoms with Crippen LogP contribution in [0.3, 0.4) is 0 Å². The molecule has 2 amide bonds. The van der Waals surface area contributed by atoms with Gasteiger partial charge < -0.3 is 10.2 Å². The van der Waals surface area contributed by atoms with Gasteiger partial charge in [0.15, 0.2) is 0 Å². The molecule has 0 aliphatic heterocycles. The highest BCUT2D eigenvalue weighted by molar-refractivity contribution is 9.10. The minimum absolute atomic E-state index is 0.0651. The quantitative estimate of drug-likeness (QED) is 0.427. The van der Waals surface area contributed by atoms with E-state index in [1.807, 2.05) is 13.8 Å². The number of carbonyl (C=O) groups is 2. The highest BCUT2D eigenvalue weighted by atomic mass is 79.9. The summed E-state index contributed by atoms with van der Waals surface area (Å²) in [6.45, 7) is 4.82. The van der Waals surface area contributed by atoms with Crippen molar-refractivity contribution in [3.8, 4) is 0 Å². The van der Waals surface area contributed by atoms with Gasteiger partial charge in [-0.3, -0.25) is 13.9 Å². The Bertz CT molecular complexity index is 1110. The van der Waals surface area contributed by atoms with Crippen molar-refractivity contribution in [1.29, 1.82) is 0 Å². The van der Waals surface area contributed by atoms with Gasteiger partial charge in [0.1, 0.15) is 12.6 Å². The maximum absolute atomic E-state index is 13.5. The van der Waals surface area contributed by atoms with Gasteiger partial charge in [0.25, 0.3) is 0 Å². The lowest BCUT2D eigenvalue weighted by molar-refractivity contribution is -0.139. The lowest BCUT2D eigenvalue weighted by atomic mass is 10.1. The normalized spacial score (nSPS) is 13.1. The third-order valence-electron chi connectivity index (χ3n) is 5.35. The van der Waals surface area contributed by atoms with Gasteiger partial charge >= 0.3 is 0 Å². The molecule has 7 nitrogen and oxygen atoms in total. The van der Waals surface area contributed by atoms with Gasteiger partial charge in [-0.15, -0.1) is 0 Å². The second-order valence-electron chi connectivity index (χ2n) is 7.96. The van der Waals surface area contributed by atoms with Crippen LogP contribution in [-0.2, 0) is 26.2 Å². The van der Waals surface area contributed by atoms with Gasteiger partial charge in [0.2, 0.25) is 21.8 Å². The Kier molecular flexibility index (Phi) is 10.2. The fourth-order valence-corrected chi connectivity index (χ4v) is 4.75. The highest BCUT2D eigenvalue weighted by Gasteiger charge is 2.31. The Morgan fingerprint density at radius 2 is 1.62 bits per heavy atom. The SMILES string of the molecule is CC[C@@H](C)NC(=O)[C@@H](C)N(Cc1c(Cl)cccc1Cl)C(=O)CN(c1ccc(Br)cc1)S(C)(=O)=O. The highest BCUT2D eigenvalue weighted by Crippen LogP contribution is 2.27.